The zero-order valence-electron chi connectivity index (χ0n) is 19.2. The number of rotatable bonds is 4. The first-order chi connectivity index (χ1) is 16.0. The molecule has 5 rings (SSSR count). The molecule has 176 valence electrons. The molecule has 2 fully saturated rings. The van der Waals surface area contributed by atoms with Gasteiger partial charge in [0.2, 0.25) is 15.9 Å². The fourth-order valence-corrected chi connectivity index (χ4v) is 6.97. The van der Waals surface area contributed by atoms with Gasteiger partial charge in [0, 0.05) is 50.9 Å². The number of para-hydroxylation sites is 1. The van der Waals surface area contributed by atoms with Crippen LogP contribution in [0.2, 0.25) is 0 Å². The van der Waals surface area contributed by atoms with Crippen LogP contribution in [0, 0.1) is 5.92 Å². The Morgan fingerprint density at radius 1 is 0.788 bits per heavy atom. The Kier molecular flexibility index (Phi) is 6.43. The van der Waals surface area contributed by atoms with E-state index in [9.17, 15) is 13.2 Å². The lowest BCUT2D eigenvalue weighted by Gasteiger charge is -2.39. The summed E-state index contributed by atoms with van der Waals surface area (Å²) in [5, 5.41) is 0. The fraction of sp³-hybridized carbons (Fsp3) is 0.500. The number of nitrogens with zero attached hydrogens (tertiary/aromatic N) is 3. The second-order valence-corrected chi connectivity index (χ2v) is 11.4. The summed E-state index contributed by atoms with van der Waals surface area (Å²) in [6.07, 6.45) is 5.52. The van der Waals surface area contributed by atoms with E-state index >= 15 is 0 Å². The summed E-state index contributed by atoms with van der Waals surface area (Å²) in [5.41, 5.74) is 3.67. The van der Waals surface area contributed by atoms with Crippen LogP contribution in [-0.2, 0) is 27.7 Å². The maximum absolute atomic E-state index is 13.2. The number of benzene rings is 2. The Morgan fingerprint density at radius 3 is 2.15 bits per heavy atom. The second-order valence-electron chi connectivity index (χ2n) is 9.46. The summed E-state index contributed by atoms with van der Waals surface area (Å²) in [6.45, 7) is 3.95. The van der Waals surface area contributed by atoms with E-state index in [1.165, 1.54) is 23.2 Å². The van der Waals surface area contributed by atoms with Gasteiger partial charge in [-0.15, -0.1) is 0 Å². The number of carbonyl (C=O) groups excluding carboxylic acids is 1. The van der Waals surface area contributed by atoms with E-state index in [0.29, 0.717) is 30.8 Å². The third-order valence-corrected chi connectivity index (χ3v) is 9.37. The molecule has 2 heterocycles. The van der Waals surface area contributed by atoms with E-state index in [1.54, 1.807) is 10.4 Å². The van der Waals surface area contributed by atoms with Gasteiger partial charge in [-0.05, 0) is 73.9 Å². The number of carbonyl (C=O) groups is 1. The van der Waals surface area contributed by atoms with Crippen molar-refractivity contribution in [1.82, 2.24) is 9.21 Å². The molecular weight excluding hydrogens is 434 g/mol. The van der Waals surface area contributed by atoms with Crippen molar-refractivity contribution in [2.45, 2.75) is 43.4 Å². The molecule has 2 saturated heterocycles. The highest BCUT2D eigenvalue weighted by Gasteiger charge is 2.35. The number of hydrogen-bond acceptors (Lipinski definition) is 4. The maximum Gasteiger partial charge on any atom is 0.243 e. The molecule has 6 nitrogen and oxygen atoms in total. The molecule has 2 aliphatic heterocycles. The number of anilines is 1. The molecule has 0 radical (unpaired) electrons. The van der Waals surface area contributed by atoms with Gasteiger partial charge in [0.1, 0.15) is 0 Å². The first kappa shape index (κ1) is 22.4. The number of hydrogen-bond donors (Lipinski definition) is 0. The van der Waals surface area contributed by atoms with Crippen LogP contribution in [0.25, 0.3) is 0 Å². The molecule has 1 aliphatic carbocycles. The Balaban J connectivity index is 1.17. The van der Waals surface area contributed by atoms with Crippen molar-refractivity contribution in [2.24, 2.45) is 5.92 Å². The summed E-state index contributed by atoms with van der Waals surface area (Å²) in [6, 6.07) is 16.0. The zero-order chi connectivity index (χ0) is 22.8. The van der Waals surface area contributed by atoms with E-state index in [2.05, 4.69) is 17.0 Å². The first-order valence-corrected chi connectivity index (χ1v) is 13.7. The number of aryl methyl sites for hydroxylation is 2. The van der Waals surface area contributed by atoms with E-state index in [0.717, 1.165) is 45.4 Å². The Bertz CT molecular complexity index is 1090. The van der Waals surface area contributed by atoms with Crippen molar-refractivity contribution >= 4 is 21.6 Å². The van der Waals surface area contributed by atoms with Crippen molar-refractivity contribution in [3.8, 4) is 0 Å². The summed E-state index contributed by atoms with van der Waals surface area (Å²) >= 11 is 0. The quantitative estimate of drug-likeness (QED) is 0.692. The normalized spacial score (nSPS) is 20.5. The lowest BCUT2D eigenvalue weighted by Crippen LogP contribution is -2.52. The minimum atomic E-state index is -3.51. The molecule has 0 bridgehead atoms. The number of amides is 1. The molecular formula is C26H33N3O3S. The maximum atomic E-state index is 13.2. The van der Waals surface area contributed by atoms with Gasteiger partial charge >= 0.3 is 0 Å². The van der Waals surface area contributed by atoms with E-state index in [4.69, 9.17) is 0 Å². The molecule has 0 atom stereocenters. The van der Waals surface area contributed by atoms with Crippen LogP contribution in [-0.4, -0.2) is 62.8 Å². The summed E-state index contributed by atoms with van der Waals surface area (Å²) in [5.74, 6) is 0.108. The van der Waals surface area contributed by atoms with Crippen LogP contribution < -0.4 is 4.90 Å². The van der Waals surface area contributed by atoms with E-state index < -0.39 is 10.0 Å². The Morgan fingerprint density at radius 2 is 1.45 bits per heavy atom. The lowest BCUT2D eigenvalue weighted by molar-refractivity contribution is -0.137. The van der Waals surface area contributed by atoms with Gasteiger partial charge in [-0.1, -0.05) is 24.3 Å². The van der Waals surface area contributed by atoms with Gasteiger partial charge < -0.3 is 9.80 Å². The Labute approximate surface area is 197 Å². The van der Waals surface area contributed by atoms with Crippen LogP contribution in [0.4, 0.5) is 5.69 Å². The van der Waals surface area contributed by atoms with Crippen LogP contribution in [0.15, 0.2) is 53.4 Å². The van der Waals surface area contributed by atoms with E-state index in [1.807, 2.05) is 35.2 Å². The van der Waals surface area contributed by atoms with Gasteiger partial charge in [-0.2, -0.15) is 4.31 Å². The molecule has 0 spiro atoms. The summed E-state index contributed by atoms with van der Waals surface area (Å²) in [7, 11) is -3.51. The van der Waals surface area contributed by atoms with Crippen molar-refractivity contribution in [3.63, 3.8) is 0 Å². The van der Waals surface area contributed by atoms with Gasteiger partial charge in [-0.3, -0.25) is 4.79 Å². The fourth-order valence-electron chi connectivity index (χ4n) is 5.44. The predicted octanol–water partition coefficient (Wildman–Crippen LogP) is 3.31. The molecule has 2 aromatic rings. The van der Waals surface area contributed by atoms with Gasteiger partial charge in [0.05, 0.1) is 4.90 Å². The minimum Gasteiger partial charge on any atom is -0.368 e. The molecule has 33 heavy (non-hydrogen) atoms. The smallest absolute Gasteiger partial charge is 0.243 e. The first-order valence-electron chi connectivity index (χ1n) is 12.2. The minimum absolute atomic E-state index is 0.0803. The second kappa shape index (κ2) is 9.47. The monoisotopic (exact) mass is 467 g/mol. The average Bonchev–Trinajstić information content (AvgIpc) is 2.88. The Hall–Kier alpha value is -2.38. The van der Waals surface area contributed by atoms with Crippen molar-refractivity contribution in [1.29, 1.82) is 0 Å². The topological polar surface area (TPSA) is 60.9 Å². The summed E-state index contributed by atoms with van der Waals surface area (Å²) < 4.78 is 28.1. The number of fused-ring (bicyclic) bond motifs is 1. The van der Waals surface area contributed by atoms with Crippen molar-refractivity contribution in [3.05, 3.63) is 59.7 Å². The van der Waals surface area contributed by atoms with E-state index in [-0.39, 0.29) is 11.8 Å². The van der Waals surface area contributed by atoms with Crippen LogP contribution in [0.3, 0.4) is 0 Å². The van der Waals surface area contributed by atoms with Crippen LogP contribution >= 0.6 is 0 Å². The lowest BCUT2D eigenvalue weighted by atomic mass is 9.92. The summed E-state index contributed by atoms with van der Waals surface area (Å²) in [4.78, 5) is 17.8. The van der Waals surface area contributed by atoms with Crippen LogP contribution in [0.1, 0.15) is 36.8 Å². The third-order valence-electron chi connectivity index (χ3n) is 7.47. The van der Waals surface area contributed by atoms with Crippen molar-refractivity contribution in [2.75, 3.05) is 44.2 Å². The standard InChI is InChI=1S/C26H33N3O3S/c30-26(28-18-16-27(17-19-28)24-8-2-1-3-9-24)22-12-14-29(15-13-22)33(31,32)25-11-10-21-6-4-5-7-23(21)20-25/h1-3,8-11,20,22H,4-7,12-19H2. The van der Waals surface area contributed by atoms with Gasteiger partial charge in [0.15, 0.2) is 0 Å². The molecule has 0 saturated carbocycles. The number of piperazine rings is 1. The molecule has 1 amide bonds. The predicted molar refractivity (Wildman–Crippen MR) is 130 cm³/mol. The number of sulfonamides is 1. The highest BCUT2D eigenvalue weighted by molar-refractivity contribution is 7.89. The molecule has 7 heteroatoms. The van der Waals surface area contributed by atoms with Gasteiger partial charge in [-0.25, -0.2) is 8.42 Å². The average molecular weight is 468 g/mol. The molecule has 0 N–H and O–H groups in total. The van der Waals surface area contributed by atoms with Gasteiger partial charge in [0.25, 0.3) is 0 Å². The molecule has 3 aliphatic rings. The largest absolute Gasteiger partial charge is 0.368 e. The highest BCUT2D eigenvalue weighted by atomic mass is 32.2. The number of piperidine rings is 1. The highest BCUT2D eigenvalue weighted by Crippen LogP contribution is 2.29. The molecule has 2 aromatic carbocycles. The SMILES string of the molecule is O=C(C1CCN(S(=O)(=O)c2ccc3c(c2)CCCC3)CC1)N1CCN(c2ccccc2)CC1. The third kappa shape index (κ3) is 4.66. The molecule has 0 unspecified atom stereocenters. The zero-order valence-corrected chi connectivity index (χ0v) is 20.0. The van der Waals surface area contributed by atoms with Crippen LogP contribution in [0.5, 0.6) is 0 Å². The molecule has 0 aromatic heterocycles. The van der Waals surface area contributed by atoms with Crippen molar-refractivity contribution < 1.29 is 13.2 Å².